The number of amides is 4. The van der Waals surface area contributed by atoms with Crippen LogP contribution in [0, 0.1) is 35.8 Å². The monoisotopic (exact) mass is 726 g/mol. The number of carbonyl (C=O) groups excluding carboxylic acids is 4. The van der Waals surface area contributed by atoms with Gasteiger partial charge in [-0.3, -0.25) is 19.2 Å². The Labute approximate surface area is 318 Å². The minimum atomic E-state index is -0.594. The highest BCUT2D eigenvalue weighted by Gasteiger charge is 2.39. The van der Waals surface area contributed by atoms with Crippen LogP contribution in [0.3, 0.4) is 0 Å². The highest BCUT2D eigenvalue weighted by molar-refractivity contribution is 6.35. The fourth-order valence-corrected chi connectivity index (χ4v) is 6.94. The molecule has 8 rings (SSSR count). The van der Waals surface area contributed by atoms with Gasteiger partial charge in [0.25, 0.3) is 23.6 Å². The molecule has 0 bridgehead atoms. The number of hydrogen-bond donors (Lipinski definition) is 2. The van der Waals surface area contributed by atoms with E-state index in [9.17, 15) is 29.7 Å². The first-order valence-electron chi connectivity index (χ1n) is 16.8. The molecule has 2 heterocycles. The van der Waals surface area contributed by atoms with Gasteiger partial charge >= 0.3 is 0 Å². The fourth-order valence-electron chi connectivity index (χ4n) is 6.94. The van der Waals surface area contributed by atoms with Crippen molar-refractivity contribution in [1.29, 1.82) is 10.5 Å². The predicted octanol–water partition coefficient (Wildman–Crippen LogP) is 8.30. The summed E-state index contributed by atoms with van der Waals surface area (Å²) in [6, 6.07) is 32.4. The molecule has 12 heteroatoms. The van der Waals surface area contributed by atoms with Gasteiger partial charge in [-0.2, -0.15) is 10.5 Å². The molecule has 6 aromatic carbocycles. The topological polar surface area (TPSA) is 183 Å². The van der Waals surface area contributed by atoms with Gasteiger partial charge in [0.05, 0.1) is 58.3 Å². The minimum Gasteiger partial charge on any atom is -0.407 e. The fraction of sp³-hybridized carbons (Fsp3) is 0. The Hall–Kier alpha value is -8.84. The van der Waals surface area contributed by atoms with Crippen LogP contribution in [0.1, 0.15) is 52.6 Å². The first kappa shape index (κ1) is 34.3. The van der Waals surface area contributed by atoms with Crippen LogP contribution in [0.5, 0.6) is 0 Å². The second kappa shape index (κ2) is 13.0. The van der Waals surface area contributed by atoms with Crippen molar-refractivity contribution in [2.24, 2.45) is 0 Å². The van der Waals surface area contributed by atoms with Crippen LogP contribution in [0.4, 0.5) is 34.1 Å². The third kappa shape index (κ3) is 5.28. The van der Waals surface area contributed by atoms with Crippen LogP contribution in [0.2, 0.25) is 0 Å². The Morgan fingerprint density at radius 1 is 0.446 bits per heavy atom. The van der Waals surface area contributed by atoms with Gasteiger partial charge in [0.1, 0.15) is 6.07 Å². The molecule has 0 unspecified atom stereocenters. The number of rotatable bonds is 5. The molecule has 2 aliphatic rings. The van der Waals surface area contributed by atoms with Gasteiger partial charge in [-0.15, -0.1) is 0 Å². The molecule has 12 nitrogen and oxygen atoms in total. The van der Waals surface area contributed by atoms with Crippen molar-refractivity contribution in [2.45, 2.75) is 0 Å². The first-order chi connectivity index (χ1) is 27.1. The summed E-state index contributed by atoms with van der Waals surface area (Å²) in [6.45, 7) is 15.3. The molecule has 6 aromatic rings. The number of benzene rings is 6. The molecule has 0 radical (unpaired) electrons. The maximum Gasteiger partial charge on any atom is 0.266 e. The summed E-state index contributed by atoms with van der Waals surface area (Å²) in [7, 11) is 0. The highest BCUT2D eigenvalue weighted by Crippen LogP contribution is 2.41. The summed E-state index contributed by atoms with van der Waals surface area (Å²) in [6.07, 6.45) is 0. The van der Waals surface area contributed by atoms with Crippen molar-refractivity contribution in [2.75, 3.05) is 21.3 Å². The lowest BCUT2D eigenvalue weighted by Gasteiger charge is -2.18. The van der Waals surface area contributed by atoms with Crippen LogP contribution < -0.4 is 21.3 Å². The lowest BCUT2D eigenvalue weighted by Crippen LogP contribution is -2.29. The number of imide groups is 2. The zero-order valence-corrected chi connectivity index (χ0v) is 28.9. The summed E-state index contributed by atoms with van der Waals surface area (Å²) < 4.78 is 0. The standard InChI is InChI=1S/C44H22N8O4/c1-49-39-20-30(52-42(54)34-9-3-24(17-35(34)44(52)56)23-5-13-37(47)28(15-23)22-46)8-12-32(39)31-11-7-29(16-27(31)21-45)51-41(53)33-10-4-25(18-36(33)43(51)55)26-6-14-38(48)40(19-26)50-2/h3-20H,47-48H2. The van der Waals surface area contributed by atoms with E-state index >= 15 is 0 Å². The molecule has 0 saturated heterocycles. The van der Waals surface area contributed by atoms with Crippen molar-refractivity contribution in [3.05, 3.63) is 165 Å². The molecule has 0 spiro atoms. The molecule has 4 amide bonds. The van der Waals surface area contributed by atoms with Crippen molar-refractivity contribution in [3.8, 4) is 45.5 Å². The summed E-state index contributed by atoms with van der Waals surface area (Å²) >= 11 is 0. The number of nitriles is 2. The van der Waals surface area contributed by atoms with Gasteiger partial charge in [-0.25, -0.2) is 19.5 Å². The SMILES string of the molecule is [C-]#[N+]c1cc(-c2ccc3c(c2)C(=O)N(c2ccc(-c4ccc(N5C(=O)c6ccc(-c7ccc(N)c(C#N)c7)cc6C5=O)cc4[N+]#[C-])c(C#N)c2)C3=O)ccc1N. The molecule has 0 fully saturated rings. The van der Waals surface area contributed by atoms with Crippen LogP contribution in [0.25, 0.3) is 43.1 Å². The second-order valence-electron chi connectivity index (χ2n) is 12.9. The van der Waals surface area contributed by atoms with Gasteiger partial charge in [-0.1, -0.05) is 36.4 Å². The quantitative estimate of drug-likeness (QED) is 0.101. The van der Waals surface area contributed by atoms with Crippen molar-refractivity contribution in [1.82, 2.24) is 0 Å². The van der Waals surface area contributed by atoms with Crippen molar-refractivity contribution in [3.63, 3.8) is 0 Å². The molecule has 0 saturated carbocycles. The van der Waals surface area contributed by atoms with Crippen LogP contribution >= 0.6 is 0 Å². The van der Waals surface area contributed by atoms with E-state index in [1.54, 1.807) is 66.7 Å². The number of anilines is 4. The summed E-state index contributed by atoms with van der Waals surface area (Å²) in [5.41, 5.74) is 17.2. The lowest BCUT2D eigenvalue weighted by molar-refractivity contribution is 0.0910. The molecule has 0 atom stereocenters. The first-order valence-corrected chi connectivity index (χ1v) is 16.8. The maximum atomic E-state index is 13.7. The third-order valence-electron chi connectivity index (χ3n) is 9.80. The maximum absolute atomic E-state index is 13.7. The van der Waals surface area contributed by atoms with E-state index < -0.39 is 23.6 Å². The zero-order valence-electron chi connectivity index (χ0n) is 28.9. The van der Waals surface area contributed by atoms with Crippen LogP contribution in [-0.2, 0) is 0 Å². The number of nitrogens with two attached hydrogens (primary N) is 2. The summed E-state index contributed by atoms with van der Waals surface area (Å²) in [5, 5.41) is 19.6. The summed E-state index contributed by atoms with van der Waals surface area (Å²) in [5.74, 6) is -2.34. The molecule has 0 aliphatic carbocycles. The van der Waals surface area contributed by atoms with Gasteiger partial charge in [0, 0.05) is 17.1 Å². The Balaban J connectivity index is 1.09. The Kier molecular flexibility index (Phi) is 7.94. The van der Waals surface area contributed by atoms with E-state index in [0.29, 0.717) is 44.8 Å². The number of nitrogen functional groups attached to an aromatic ring is 2. The molecular weight excluding hydrogens is 705 g/mol. The molecule has 2 aliphatic heterocycles. The number of hydrogen-bond acceptors (Lipinski definition) is 8. The van der Waals surface area contributed by atoms with E-state index in [1.165, 1.54) is 42.5 Å². The Morgan fingerprint density at radius 3 is 1.45 bits per heavy atom. The number of nitrogens with zero attached hydrogens (tertiary/aromatic N) is 6. The Morgan fingerprint density at radius 2 is 0.893 bits per heavy atom. The highest BCUT2D eigenvalue weighted by atomic mass is 16.2. The summed E-state index contributed by atoms with van der Waals surface area (Å²) in [4.78, 5) is 63.5. The Bertz CT molecular complexity index is 2790. The molecule has 4 N–H and O–H groups in total. The van der Waals surface area contributed by atoms with E-state index in [0.717, 1.165) is 9.80 Å². The van der Waals surface area contributed by atoms with E-state index in [1.807, 2.05) is 6.07 Å². The van der Waals surface area contributed by atoms with Crippen molar-refractivity contribution >= 4 is 57.8 Å². The van der Waals surface area contributed by atoms with Gasteiger partial charge in [0.15, 0.2) is 5.69 Å². The van der Waals surface area contributed by atoms with E-state index in [4.69, 9.17) is 24.6 Å². The van der Waals surface area contributed by atoms with Gasteiger partial charge in [-0.05, 0) is 106 Å². The largest absolute Gasteiger partial charge is 0.407 e. The van der Waals surface area contributed by atoms with E-state index in [2.05, 4.69) is 15.8 Å². The van der Waals surface area contributed by atoms with Crippen molar-refractivity contribution < 1.29 is 19.2 Å². The molecular formula is C44H22N8O4. The van der Waals surface area contributed by atoms with Crippen LogP contribution in [0.15, 0.2) is 109 Å². The second-order valence-corrected chi connectivity index (χ2v) is 12.9. The molecule has 56 heavy (non-hydrogen) atoms. The third-order valence-corrected chi connectivity index (χ3v) is 9.80. The van der Waals surface area contributed by atoms with Crippen LogP contribution in [-0.4, -0.2) is 23.6 Å². The van der Waals surface area contributed by atoms with Gasteiger partial charge < -0.3 is 11.5 Å². The van der Waals surface area contributed by atoms with Gasteiger partial charge in [0.2, 0.25) is 5.69 Å². The zero-order chi connectivity index (χ0) is 39.4. The molecule has 262 valence electrons. The smallest absolute Gasteiger partial charge is 0.266 e. The minimum absolute atomic E-state index is 0.0483. The average molecular weight is 727 g/mol. The normalized spacial score (nSPS) is 12.8. The average Bonchev–Trinajstić information content (AvgIpc) is 3.63. The lowest BCUT2D eigenvalue weighted by atomic mass is 9.97. The predicted molar refractivity (Wildman–Crippen MR) is 209 cm³/mol. The number of fused-ring (bicyclic) bond motifs is 2. The molecule has 0 aromatic heterocycles. The van der Waals surface area contributed by atoms with E-state index in [-0.39, 0.29) is 56.1 Å². The number of carbonyl (C=O) groups is 4.